The summed E-state index contributed by atoms with van der Waals surface area (Å²) in [6, 6.07) is 5.31. The summed E-state index contributed by atoms with van der Waals surface area (Å²) in [5, 5.41) is 0. The van der Waals surface area contributed by atoms with Gasteiger partial charge < -0.3 is 4.90 Å². The largest absolute Gasteiger partial charge is 0.331 e. The Kier molecular flexibility index (Phi) is 4.71. The summed E-state index contributed by atoms with van der Waals surface area (Å²) in [5.74, 6) is 0.845. The Morgan fingerprint density at radius 2 is 2.32 bits per heavy atom. The normalized spacial score (nSPS) is 15.9. The van der Waals surface area contributed by atoms with E-state index in [0.717, 1.165) is 5.75 Å². The Balaban J connectivity index is 2.14. The van der Waals surface area contributed by atoms with E-state index in [1.54, 1.807) is 34.9 Å². The standard InChI is InChI=1S/C13H13FN2O2S/c14-11-4-2-1-3-10(11)7-12(15-8-17)13(18)16-5-6-19-9-16/h1-4,12H,5-7,9H2. The Bertz CT molecular complexity index is 511. The molecule has 0 aliphatic carbocycles. The molecule has 1 unspecified atom stereocenters. The maximum atomic E-state index is 13.6. The fourth-order valence-corrected chi connectivity index (χ4v) is 2.88. The topological polar surface area (TPSA) is 49.7 Å². The van der Waals surface area contributed by atoms with Crippen LogP contribution in [-0.4, -0.2) is 41.1 Å². The van der Waals surface area contributed by atoms with Crippen LogP contribution in [0, 0.1) is 5.82 Å². The molecule has 19 heavy (non-hydrogen) atoms. The third kappa shape index (κ3) is 3.43. The van der Waals surface area contributed by atoms with E-state index >= 15 is 0 Å². The number of hydrogen-bond acceptors (Lipinski definition) is 4. The molecule has 100 valence electrons. The van der Waals surface area contributed by atoms with Crippen molar-refractivity contribution in [3.05, 3.63) is 35.6 Å². The second-order valence-corrected chi connectivity index (χ2v) is 5.25. The number of amides is 1. The van der Waals surface area contributed by atoms with E-state index in [9.17, 15) is 14.0 Å². The highest BCUT2D eigenvalue weighted by Crippen LogP contribution is 2.18. The highest BCUT2D eigenvalue weighted by Gasteiger charge is 2.27. The van der Waals surface area contributed by atoms with Crippen LogP contribution in [0.2, 0.25) is 0 Å². The minimum atomic E-state index is -0.881. The van der Waals surface area contributed by atoms with Gasteiger partial charge in [0.2, 0.25) is 12.0 Å². The van der Waals surface area contributed by atoms with Crippen molar-refractivity contribution in [2.24, 2.45) is 4.99 Å². The van der Waals surface area contributed by atoms with E-state index in [1.165, 1.54) is 12.1 Å². The molecule has 6 heteroatoms. The zero-order chi connectivity index (χ0) is 13.7. The highest BCUT2D eigenvalue weighted by molar-refractivity contribution is 7.99. The van der Waals surface area contributed by atoms with Gasteiger partial charge in [-0.25, -0.2) is 9.18 Å². The summed E-state index contributed by atoms with van der Waals surface area (Å²) in [5.41, 5.74) is 0.381. The molecule has 0 saturated carbocycles. The SMILES string of the molecule is O=C=NC(Cc1ccccc1F)C(=O)N1CCSC1. The van der Waals surface area contributed by atoms with E-state index in [1.807, 2.05) is 0 Å². The molecule has 0 spiro atoms. The van der Waals surface area contributed by atoms with Gasteiger partial charge in [0.05, 0.1) is 5.88 Å². The van der Waals surface area contributed by atoms with E-state index in [0.29, 0.717) is 18.0 Å². The maximum Gasteiger partial charge on any atom is 0.249 e. The first kappa shape index (κ1) is 13.8. The Morgan fingerprint density at radius 3 is 2.95 bits per heavy atom. The van der Waals surface area contributed by atoms with Gasteiger partial charge >= 0.3 is 0 Å². The van der Waals surface area contributed by atoms with Crippen LogP contribution < -0.4 is 0 Å². The molecule has 1 aliphatic rings. The van der Waals surface area contributed by atoms with Crippen LogP contribution in [0.25, 0.3) is 0 Å². The lowest BCUT2D eigenvalue weighted by molar-refractivity contribution is -0.131. The third-order valence-corrected chi connectivity index (χ3v) is 3.89. The molecule has 1 atom stereocenters. The molecular formula is C13H13FN2O2S. The average Bonchev–Trinajstić information content (AvgIpc) is 2.94. The van der Waals surface area contributed by atoms with E-state index in [4.69, 9.17) is 0 Å². The molecule has 1 amide bonds. The van der Waals surface area contributed by atoms with E-state index in [2.05, 4.69) is 4.99 Å². The highest BCUT2D eigenvalue weighted by atomic mass is 32.2. The van der Waals surface area contributed by atoms with Gasteiger partial charge in [-0.15, -0.1) is 11.8 Å². The second kappa shape index (κ2) is 6.50. The van der Waals surface area contributed by atoms with E-state index in [-0.39, 0.29) is 12.3 Å². The number of benzene rings is 1. The van der Waals surface area contributed by atoms with Crippen molar-refractivity contribution in [1.82, 2.24) is 4.90 Å². The maximum absolute atomic E-state index is 13.6. The molecule has 4 nitrogen and oxygen atoms in total. The van der Waals surface area contributed by atoms with Crippen LogP contribution in [0.4, 0.5) is 4.39 Å². The van der Waals surface area contributed by atoms with E-state index < -0.39 is 11.9 Å². The van der Waals surface area contributed by atoms with Crippen LogP contribution >= 0.6 is 11.8 Å². The summed E-state index contributed by atoms with van der Waals surface area (Å²) in [4.78, 5) is 27.8. The van der Waals surface area contributed by atoms with Crippen LogP contribution in [0.5, 0.6) is 0 Å². The number of hydrogen-bond donors (Lipinski definition) is 0. The number of halogens is 1. The Morgan fingerprint density at radius 1 is 1.53 bits per heavy atom. The fraction of sp³-hybridized carbons (Fsp3) is 0.385. The molecule has 0 radical (unpaired) electrons. The van der Waals surface area contributed by atoms with Crippen molar-refractivity contribution in [2.45, 2.75) is 12.5 Å². The van der Waals surface area contributed by atoms with Crippen LogP contribution in [0.1, 0.15) is 5.56 Å². The summed E-state index contributed by atoms with van der Waals surface area (Å²) < 4.78 is 13.6. The lowest BCUT2D eigenvalue weighted by atomic mass is 10.0. The number of carbonyl (C=O) groups excluding carboxylic acids is 2. The van der Waals surface area contributed by atoms with Crippen molar-refractivity contribution in [3.8, 4) is 0 Å². The number of rotatable bonds is 4. The summed E-state index contributed by atoms with van der Waals surface area (Å²) in [7, 11) is 0. The predicted molar refractivity (Wildman–Crippen MR) is 71.1 cm³/mol. The second-order valence-electron chi connectivity index (χ2n) is 4.17. The van der Waals surface area contributed by atoms with Crippen molar-refractivity contribution < 1.29 is 14.0 Å². The predicted octanol–water partition coefficient (Wildman–Crippen LogP) is 1.61. The molecule has 0 aromatic heterocycles. The third-order valence-electron chi connectivity index (χ3n) is 2.93. The first-order chi connectivity index (χ1) is 9.22. The summed E-state index contributed by atoms with van der Waals surface area (Å²) >= 11 is 1.65. The molecule has 1 aromatic rings. The quantitative estimate of drug-likeness (QED) is 0.622. The first-order valence-electron chi connectivity index (χ1n) is 5.89. The molecule has 1 aliphatic heterocycles. The van der Waals surface area contributed by atoms with Gasteiger partial charge in [0.15, 0.2) is 0 Å². The zero-order valence-corrected chi connectivity index (χ0v) is 11.0. The molecule has 1 fully saturated rings. The molecule has 2 rings (SSSR count). The van der Waals surface area contributed by atoms with Gasteiger partial charge in [-0.05, 0) is 11.6 Å². The molecule has 1 aromatic carbocycles. The van der Waals surface area contributed by atoms with Gasteiger partial charge in [0.25, 0.3) is 0 Å². The van der Waals surface area contributed by atoms with Crippen LogP contribution in [-0.2, 0) is 16.0 Å². The van der Waals surface area contributed by atoms with Gasteiger partial charge in [0, 0.05) is 18.7 Å². The zero-order valence-electron chi connectivity index (χ0n) is 10.2. The number of carbonyl (C=O) groups is 1. The number of thioether (sulfide) groups is 1. The molecule has 0 N–H and O–H groups in total. The minimum Gasteiger partial charge on any atom is -0.331 e. The molecule has 1 heterocycles. The number of isocyanates is 1. The number of nitrogens with zero attached hydrogens (tertiary/aromatic N) is 2. The lowest BCUT2D eigenvalue weighted by Gasteiger charge is -2.19. The molecule has 1 saturated heterocycles. The van der Waals surface area contributed by atoms with Crippen LogP contribution in [0.3, 0.4) is 0 Å². The lowest BCUT2D eigenvalue weighted by Crippen LogP contribution is -2.37. The number of aliphatic imine (C=N–C) groups is 1. The van der Waals surface area contributed by atoms with Crippen molar-refractivity contribution in [3.63, 3.8) is 0 Å². The summed E-state index contributed by atoms with van der Waals surface area (Å²) in [6.45, 7) is 0.644. The average molecular weight is 280 g/mol. The Labute approximate surface area is 114 Å². The van der Waals surface area contributed by atoms with Gasteiger partial charge in [-0.1, -0.05) is 18.2 Å². The first-order valence-corrected chi connectivity index (χ1v) is 7.04. The van der Waals surface area contributed by atoms with Crippen molar-refractivity contribution in [2.75, 3.05) is 18.2 Å². The minimum absolute atomic E-state index is 0.0852. The monoisotopic (exact) mass is 280 g/mol. The van der Waals surface area contributed by atoms with Crippen LogP contribution in [0.15, 0.2) is 29.3 Å². The summed E-state index contributed by atoms with van der Waals surface area (Å²) in [6.07, 6.45) is 1.50. The van der Waals surface area contributed by atoms with Crippen molar-refractivity contribution in [1.29, 1.82) is 0 Å². The van der Waals surface area contributed by atoms with Gasteiger partial charge in [-0.2, -0.15) is 4.99 Å². The fourth-order valence-electron chi connectivity index (χ4n) is 1.92. The van der Waals surface area contributed by atoms with Crippen molar-refractivity contribution >= 4 is 23.7 Å². The molecule has 0 bridgehead atoms. The van der Waals surface area contributed by atoms with Gasteiger partial charge in [-0.3, -0.25) is 4.79 Å². The smallest absolute Gasteiger partial charge is 0.249 e. The molecular weight excluding hydrogens is 267 g/mol. The Hall–Kier alpha value is -1.65. The van der Waals surface area contributed by atoms with Gasteiger partial charge in [0.1, 0.15) is 11.9 Å².